The molecule has 0 saturated heterocycles. The second-order valence-electron chi connectivity index (χ2n) is 3.06. The number of aromatic carboxylic acids is 1. The quantitative estimate of drug-likeness (QED) is 0.644. The van der Waals surface area contributed by atoms with Crippen LogP contribution in [0.1, 0.15) is 15.9 Å². The average Bonchev–Trinajstić information content (AvgIpc) is 2.23. The number of carboxylic acids is 1. The molecule has 18 heavy (non-hydrogen) atoms. The summed E-state index contributed by atoms with van der Waals surface area (Å²) < 4.78 is 39.8. The summed E-state index contributed by atoms with van der Waals surface area (Å²) in [6, 6.07) is 2.94. The first kappa shape index (κ1) is 14.3. The van der Waals surface area contributed by atoms with Crippen LogP contribution in [0.2, 0.25) is 0 Å². The zero-order chi connectivity index (χ0) is 13.8. The van der Waals surface area contributed by atoms with Gasteiger partial charge in [0, 0.05) is 5.56 Å². The summed E-state index contributed by atoms with van der Waals surface area (Å²) >= 11 is 3.81. The van der Waals surface area contributed by atoms with E-state index in [1.54, 1.807) is 0 Å². The van der Waals surface area contributed by atoms with Gasteiger partial charge in [-0.2, -0.15) is 12.6 Å². The summed E-state index contributed by atoms with van der Waals surface area (Å²) in [6.45, 7) is 0. The Morgan fingerprint density at radius 3 is 2.56 bits per heavy atom. The van der Waals surface area contributed by atoms with Gasteiger partial charge in [0.05, 0.1) is 11.3 Å². The molecule has 0 saturated carbocycles. The first-order valence-corrected chi connectivity index (χ1v) is 5.19. The third-order valence-electron chi connectivity index (χ3n) is 1.70. The van der Waals surface area contributed by atoms with Crippen LogP contribution in [-0.4, -0.2) is 23.2 Å². The zero-order valence-corrected chi connectivity index (χ0v) is 9.68. The second kappa shape index (κ2) is 5.69. The molecule has 7 heteroatoms. The molecule has 0 bridgehead atoms. The van der Waals surface area contributed by atoms with Crippen LogP contribution >= 0.6 is 12.6 Å². The molecule has 1 N–H and O–H groups in total. The average molecular weight is 276 g/mol. The van der Waals surface area contributed by atoms with Crippen molar-refractivity contribution in [2.24, 2.45) is 0 Å². The van der Waals surface area contributed by atoms with Gasteiger partial charge in [-0.15, -0.1) is 13.2 Å². The largest absolute Gasteiger partial charge is 0.573 e. The minimum absolute atomic E-state index is 0.114. The maximum Gasteiger partial charge on any atom is 0.573 e. The van der Waals surface area contributed by atoms with E-state index in [1.165, 1.54) is 0 Å². The van der Waals surface area contributed by atoms with Gasteiger partial charge in [0.25, 0.3) is 0 Å². The van der Waals surface area contributed by atoms with Crippen molar-refractivity contribution in [3.63, 3.8) is 0 Å². The van der Waals surface area contributed by atoms with Gasteiger partial charge < -0.3 is 9.84 Å². The minimum atomic E-state index is -4.88. The molecule has 0 atom stereocenters. The predicted molar refractivity (Wildman–Crippen MR) is 60.8 cm³/mol. The Balaban J connectivity index is 3.18. The molecule has 0 aromatic heterocycles. The SMILES string of the molecule is O=C(O)c1cc(C#CCS)cc(OC(F)(F)F)c1. The Morgan fingerprint density at radius 1 is 1.39 bits per heavy atom. The fraction of sp³-hybridized carbons (Fsp3) is 0.182. The van der Waals surface area contributed by atoms with Crippen LogP contribution < -0.4 is 4.74 Å². The molecule has 1 aromatic rings. The molecule has 3 nitrogen and oxygen atoms in total. The Morgan fingerprint density at radius 2 is 2.06 bits per heavy atom. The summed E-state index contributed by atoms with van der Waals surface area (Å²) in [4.78, 5) is 10.7. The summed E-state index contributed by atoms with van der Waals surface area (Å²) in [7, 11) is 0. The molecule has 0 fully saturated rings. The van der Waals surface area contributed by atoms with Gasteiger partial charge in [-0.3, -0.25) is 0 Å². The van der Waals surface area contributed by atoms with Crippen molar-refractivity contribution in [3.05, 3.63) is 29.3 Å². The highest BCUT2D eigenvalue weighted by atomic mass is 32.1. The fourth-order valence-corrected chi connectivity index (χ4v) is 1.21. The van der Waals surface area contributed by atoms with E-state index in [4.69, 9.17) is 5.11 Å². The van der Waals surface area contributed by atoms with E-state index in [0.717, 1.165) is 18.2 Å². The minimum Gasteiger partial charge on any atom is -0.478 e. The van der Waals surface area contributed by atoms with Crippen LogP contribution in [0.4, 0.5) is 13.2 Å². The van der Waals surface area contributed by atoms with Crippen LogP contribution in [0.25, 0.3) is 0 Å². The standard InChI is InChI=1S/C11H7F3O3S/c12-11(13,14)17-9-5-7(2-1-3-18)4-8(6-9)10(15)16/h4-6,18H,3H2,(H,15,16). The molecule has 0 unspecified atom stereocenters. The maximum absolute atomic E-state index is 12.0. The molecule has 0 aliphatic heterocycles. The van der Waals surface area contributed by atoms with E-state index < -0.39 is 18.1 Å². The van der Waals surface area contributed by atoms with E-state index in [9.17, 15) is 18.0 Å². The van der Waals surface area contributed by atoms with Crippen molar-refractivity contribution in [2.45, 2.75) is 6.36 Å². The number of hydrogen-bond acceptors (Lipinski definition) is 3. The monoisotopic (exact) mass is 276 g/mol. The fourth-order valence-electron chi connectivity index (χ4n) is 1.13. The number of hydrogen-bond donors (Lipinski definition) is 2. The van der Waals surface area contributed by atoms with E-state index in [-0.39, 0.29) is 16.9 Å². The van der Waals surface area contributed by atoms with Crippen LogP contribution in [0, 0.1) is 11.8 Å². The van der Waals surface area contributed by atoms with Gasteiger partial charge in [-0.05, 0) is 18.2 Å². The lowest BCUT2D eigenvalue weighted by atomic mass is 10.1. The highest BCUT2D eigenvalue weighted by Gasteiger charge is 2.31. The van der Waals surface area contributed by atoms with Gasteiger partial charge in [0.2, 0.25) is 0 Å². The molecular weight excluding hydrogens is 269 g/mol. The van der Waals surface area contributed by atoms with E-state index in [1.807, 2.05) is 0 Å². The van der Waals surface area contributed by atoms with Crippen molar-refractivity contribution in [3.8, 4) is 17.6 Å². The summed E-state index contributed by atoms with van der Waals surface area (Å²) in [5.41, 5.74) is -0.219. The highest BCUT2D eigenvalue weighted by Crippen LogP contribution is 2.25. The number of thiol groups is 1. The Hall–Kier alpha value is -1.81. The van der Waals surface area contributed by atoms with Crippen LogP contribution in [-0.2, 0) is 0 Å². The molecule has 0 radical (unpaired) electrons. The van der Waals surface area contributed by atoms with E-state index >= 15 is 0 Å². The lowest BCUT2D eigenvalue weighted by Gasteiger charge is -2.09. The van der Waals surface area contributed by atoms with E-state index in [0.29, 0.717) is 0 Å². The topological polar surface area (TPSA) is 46.5 Å². The molecule has 0 heterocycles. The van der Waals surface area contributed by atoms with Gasteiger partial charge in [0.15, 0.2) is 0 Å². The first-order valence-electron chi connectivity index (χ1n) is 4.55. The molecular formula is C11H7F3O3S. The zero-order valence-electron chi connectivity index (χ0n) is 8.78. The second-order valence-corrected chi connectivity index (χ2v) is 3.38. The number of halogens is 3. The van der Waals surface area contributed by atoms with Gasteiger partial charge >= 0.3 is 12.3 Å². The Kier molecular flexibility index (Phi) is 4.50. The van der Waals surface area contributed by atoms with Crippen molar-refractivity contribution < 1.29 is 27.8 Å². The van der Waals surface area contributed by atoms with Crippen LogP contribution in [0.3, 0.4) is 0 Å². The van der Waals surface area contributed by atoms with Gasteiger partial charge in [-0.25, -0.2) is 4.79 Å². The summed E-state index contributed by atoms with van der Waals surface area (Å²) in [5.74, 6) is 3.20. The van der Waals surface area contributed by atoms with Crippen LogP contribution in [0.15, 0.2) is 18.2 Å². The summed E-state index contributed by atoms with van der Waals surface area (Å²) in [6.07, 6.45) is -4.88. The van der Waals surface area contributed by atoms with Crippen molar-refractivity contribution >= 4 is 18.6 Å². The van der Waals surface area contributed by atoms with E-state index in [2.05, 4.69) is 29.2 Å². The lowest BCUT2D eigenvalue weighted by molar-refractivity contribution is -0.274. The summed E-state index contributed by atoms with van der Waals surface area (Å²) in [5, 5.41) is 8.76. The predicted octanol–water partition coefficient (Wildman–Crippen LogP) is 2.56. The number of benzene rings is 1. The molecule has 96 valence electrons. The van der Waals surface area contributed by atoms with Crippen molar-refractivity contribution in [1.82, 2.24) is 0 Å². The van der Waals surface area contributed by atoms with Crippen molar-refractivity contribution in [1.29, 1.82) is 0 Å². The number of carbonyl (C=O) groups is 1. The van der Waals surface area contributed by atoms with Gasteiger partial charge in [0.1, 0.15) is 5.75 Å². The van der Waals surface area contributed by atoms with Crippen LogP contribution in [0.5, 0.6) is 5.75 Å². The number of alkyl halides is 3. The molecule has 0 aliphatic carbocycles. The number of rotatable bonds is 2. The Bertz CT molecular complexity index is 514. The molecule has 1 rings (SSSR count). The third kappa shape index (κ3) is 4.59. The molecule has 0 amide bonds. The smallest absolute Gasteiger partial charge is 0.478 e. The lowest BCUT2D eigenvalue weighted by Crippen LogP contribution is -2.17. The van der Waals surface area contributed by atoms with Crippen molar-refractivity contribution in [2.75, 3.05) is 5.75 Å². The Labute approximate surface area is 106 Å². The van der Waals surface area contributed by atoms with Gasteiger partial charge in [-0.1, -0.05) is 11.8 Å². The molecule has 1 aromatic carbocycles. The maximum atomic E-state index is 12.0. The number of ether oxygens (including phenoxy) is 1. The molecule has 0 aliphatic rings. The molecule has 0 spiro atoms. The third-order valence-corrected chi connectivity index (χ3v) is 1.86. The normalized spacial score (nSPS) is 10.4. The first-order chi connectivity index (χ1) is 8.31. The highest BCUT2D eigenvalue weighted by molar-refractivity contribution is 7.80. The number of carboxylic acid groups (broad SMARTS) is 1.